The third kappa shape index (κ3) is 7.48. The summed E-state index contributed by atoms with van der Waals surface area (Å²) in [6, 6.07) is 7.43. The van der Waals surface area contributed by atoms with E-state index in [2.05, 4.69) is 13.0 Å². The fourth-order valence-corrected chi connectivity index (χ4v) is 6.52. The summed E-state index contributed by atoms with van der Waals surface area (Å²) >= 11 is 0. The first-order chi connectivity index (χ1) is 20.6. The number of benzene rings is 2. The molecule has 4 rings (SSSR count). The number of cyclic esters (lactones) is 1. The molecule has 2 aromatic rings. The number of nitriles is 1. The smallest absolute Gasteiger partial charge is 0.416 e. The quantitative estimate of drug-likeness (QED) is 0.283. The number of amides is 1. The molecule has 1 N–H and O–H groups in total. The Labute approximate surface area is 251 Å². The molecular formula is C32H34F6N2O4. The number of rotatable bonds is 9. The predicted molar refractivity (Wildman–Crippen MR) is 147 cm³/mol. The van der Waals surface area contributed by atoms with Gasteiger partial charge >= 0.3 is 24.4 Å². The van der Waals surface area contributed by atoms with E-state index in [9.17, 15) is 46.3 Å². The van der Waals surface area contributed by atoms with Gasteiger partial charge in [0.15, 0.2) is 0 Å². The number of carboxylic acid groups (broad SMARTS) is 1. The SMILES string of the molecule is CC[C@H](CCc1ccc(C#N)cc1CN1C(=O)O[C@H](c2cc(C(F)(F)F)cc(C(F)(F)F)c2)[C@@H]1C)C1CCC(C(=O)O)CC1. The van der Waals surface area contributed by atoms with Crippen LogP contribution in [0.2, 0.25) is 0 Å². The van der Waals surface area contributed by atoms with Crippen molar-refractivity contribution in [3.05, 3.63) is 69.8 Å². The number of carbonyl (C=O) groups is 2. The molecule has 6 nitrogen and oxygen atoms in total. The van der Waals surface area contributed by atoms with Crippen molar-refractivity contribution >= 4 is 12.1 Å². The maximum Gasteiger partial charge on any atom is 0.416 e. The average molecular weight is 625 g/mol. The van der Waals surface area contributed by atoms with E-state index < -0.39 is 53.3 Å². The van der Waals surface area contributed by atoms with Crippen LogP contribution >= 0.6 is 0 Å². The van der Waals surface area contributed by atoms with Crippen molar-refractivity contribution in [3.63, 3.8) is 0 Å². The lowest BCUT2D eigenvalue weighted by atomic mass is 9.73. The van der Waals surface area contributed by atoms with Crippen LogP contribution in [-0.4, -0.2) is 28.1 Å². The van der Waals surface area contributed by atoms with Gasteiger partial charge in [-0.05, 0) is 104 Å². The molecule has 2 aliphatic rings. The zero-order valence-electron chi connectivity index (χ0n) is 24.3. The van der Waals surface area contributed by atoms with Crippen LogP contribution in [0.1, 0.15) is 91.9 Å². The van der Waals surface area contributed by atoms with E-state index in [1.165, 1.54) is 11.8 Å². The summed E-state index contributed by atoms with van der Waals surface area (Å²) in [6.45, 7) is 3.54. The van der Waals surface area contributed by atoms with Gasteiger partial charge in [-0.1, -0.05) is 19.4 Å². The van der Waals surface area contributed by atoms with Gasteiger partial charge in [0.2, 0.25) is 0 Å². The van der Waals surface area contributed by atoms with Crippen LogP contribution in [0.15, 0.2) is 36.4 Å². The Bertz CT molecular complexity index is 1380. The van der Waals surface area contributed by atoms with Crippen LogP contribution in [0, 0.1) is 29.1 Å². The molecule has 1 saturated carbocycles. The zero-order chi connectivity index (χ0) is 32.4. The molecule has 0 aromatic heterocycles. The largest absolute Gasteiger partial charge is 0.481 e. The second kappa shape index (κ2) is 13.1. The minimum atomic E-state index is -5.04. The Morgan fingerprint density at radius 3 is 2.16 bits per heavy atom. The lowest BCUT2D eigenvalue weighted by molar-refractivity contribution is -0.144. The number of aryl methyl sites for hydroxylation is 1. The lowest BCUT2D eigenvalue weighted by Gasteiger charge is -2.32. The summed E-state index contributed by atoms with van der Waals surface area (Å²) in [7, 11) is 0. The highest BCUT2D eigenvalue weighted by molar-refractivity contribution is 5.71. The summed E-state index contributed by atoms with van der Waals surface area (Å²) in [5.74, 6) is -0.335. The Morgan fingerprint density at radius 1 is 1.02 bits per heavy atom. The molecule has 1 amide bonds. The topological polar surface area (TPSA) is 90.6 Å². The number of nitrogens with zero attached hydrogens (tertiary/aromatic N) is 2. The van der Waals surface area contributed by atoms with Crippen LogP contribution in [-0.2, 0) is 34.8 Å². The first-order valence-corrected chi connectivity index (χ1v) is 14.6. The van der Waals surface area contributed by atoms with Gasteiger partial charge in [-0.3, -0.25) is 9.69 Å². The van der Waals surface area contributed by atoms with Gasteiger partial charge in [0.1, 0.15) is 6.10 Å². The molecule has 0 radical (unpaired) electrons. The first kappa shape index (κ1) is 33.1. The minimum Gasteiger partial charge on any atom is -0.481 e. The molecule has 1 saturated heterocycles. The van der Waals surface area contributed by atoms with Crippen LogP contribution in [0.3, 0.4) is 0 Å². The van der Waals surface area contributed by atoms with Crippen molar-refractivity contribution in [2.45, 2.75) is 89.8 Å². The molecule has 1 heterocycles. The highest BCUT2D eigenvalue weighted by Gasteiger charge is 2.43. The second-order valence-electron chi connectivity index (χ2n) is 11.8. The van der Waals surface area contributed by atoms with E-state index in [1.807, 2.05) is 0 Å². The second-order valence-corrected chi connectivity index (χ2v) is 11.8. The highest BCUT2D eigenvalue weighted by atomic mass is 19.4. The molecule has 12 heteroatoms. The Morgan fingerprint density at radius 2 is 1.64 bits per heavy atom. The van der Waals surface area contributed by atoms with E-state index in [0.717, 1.165) is 31.2 Å². The standard InChI is InChI=1S/C32H34F6N2O4/c1-3-20(21-8-10-23(11-9-21)29(41)42)6-7-22-5-4-19(16-39)12-25(22)17-40-18(2)28(44-30(40)43)24-13-26(31(33,34)35)15-27(14-24)32(36,37)38/h4-5,12-15,18,20-21,23,28H,3,6-11,17H2,1-2H3,(H,41,42)/t18-,20+,21?,23?,28-/m0/s1. The van der Waals surface area contributed by atoms with Crippen LogP contribution in [0.25, 0.3) is 0 Å². The highest BCUT2D eigenvalue weighted by Crippen LogP contribution is 2.42. The third-order valence-corrected chi connectivity index (χ3v) is 9.10. The van der Waals surface area contributed by atoms with Crippen molar-refractivity contribution in [1.29, 1.82) is 5.26 Å². The molecule has 238 valence electrons. The summed E-state index contributed by atoms with van der Waals surface area (Å²) in [4.78, 5) is 25.5. The molecule has 2 fully saturated rings. The lowest BCUT2D eigenvalue weighted by Crippen LogP contribution is -2.32. The van der Waals surface area contributed by atoms with Crippen LogP contribution in [0.5, 0.6) is 0 Å². The third-order valence-electron chi connectivity index (χ3n) is 9.10. The number of carboxylic acids is 1. The van der Waals surface area contributed by atoms with Gasteiger partial charge in [0.05, 0.1) is 34.7 Å². The summed E-state index contributed by atoms with van der Waals surface area (Å²) in [6.07, 6.45) is -7.08. The van der Waals surface area contributed by atoms with Crippen molar-refractivity contribution in [2.24, 2.45) is 17.8 Å². The number of alkyl halides is 6. The normalized spacial score (nSPS) is 23.2. The summed E-state index contributed by atoms with van der Waals surface area (Å²) in [5.41, 5.74) is -1.55. The fourth-order valence-electron chi connectivity index (χ4n) is 6.52. The maximum atomic E-state index is 13.5. The minimum absolute atomic E-state index is 0.0315. The van der Waals surface area contributed by atoms with Gasteiger partial charge in [-0.15, -0.1) is 0 Å². The number of aliphatic carboxylic acids is 1. The molecule has 2 aromatic carbocycles. The molecule has 3 atom stereocenters. The van der Waals surface area contributed by atoms with E-state index in [-0.39, 0.29) is 18.5 Å². The monoisotopic (exact) mass is 624 g/mol. The van der Waals surface area contributed by atoms with Crippen LogP contribution < -0.4 is 0 Å². The van der Waals surface area contributed by atoms with Gasteiger partial charge in [-0.2, -0.15) is 31.6 Å². The molecule has 44 heavy (non-hydrogen) atoms. The molecule has 0 unspecified atom stereocenters. The van der Waals surface area contributed by atoms with E-state index in [4.69, 9.17) is 4.74 Å². The summed E-state index contributed by atoms with van der Waals surface area (Å²) < 4.78 is 86.1. The van der Waals surface area contributed by atoms with Crippen molar-refractivity contribution in [2.75, 3.05) is 0 Å². The predicted octanol–water partition coefficient (Wildman–Crippen LogP) is 8.53. The number of hydrogen-bond acceptors (Lipinski definition) is 4. The van der Waals surface area contributed by atoms with Crippen molar-refractivity contribution < 1.29 is 45.8 Å². The number of hydrogen-bond donors (Lipinski definition) is 1. The Kier molecular flexibility index (Phi) is 9.86. The van der Waals surface area contributed by atoms with Gasteiger partial charge in [0, 0.05) is 6.54 Å². The van der Waals surface area contributed by atoms with Gasteiger partial charge in [0.25, 0.3) is 0 Å². The molecule has 0 bridgehead atoms. The Hall–Kier alpha value is -3.75. The van der Waals surface area contributed by atoms with E-state index >= 15 is 0 Å². The average Bonchev–Trinajstić information content (AvgIpc) is 3.25. The molecule has 1 aliphatic carbocycles. The molecular weight excluding hydrogens is 590 g/mol. The number of halogens is 6. The summed E-state index contributed by atoms with van der Waals surface area (Å²) in [5, 5.41) is 18.8. The maximum absolute atomic E-state index is 13.5. The fraction of sp³-hybridized carbons (Fsp3) is 0.531. The zero-order valence-corrected chi connectivity index (χ0v) is 24.3. The van der Waals surface area contributed by atoms with Gasteiger partial charge < -0.3 is 9.84 Å². The van der Waals surface area contributed by atoms with Crippen molar-refractivity contribution in [3.8, 4) is 6.07 Å². The first-order valence-electron chi connectivity index (χ1n) is 14.6. The molecule has 1 aliphatic heterocycles. The Balaban J connectivity index is 1.54. The number of carbonyl (C=O) groups excluding carboxylic acids is 1. The van der Waals surface area contributed by atoms with Gasteiger partial charge in [-0.25, -0.2) is 4.79 Å². The van der Waals surface area contributed by atoms with E-state index in [0.29, 0.717) is 54.4 Å². The van der Waals surface area contributed by atoms with E-state index in [1.54, 1.807) is 18.2 Å². The number of ether oxygens (including phenoxy) is 1. The van der Waals surface area contributed by atoms with Crippen LogP contribution in [0.4, 0.5) is 31.1 Å². The van der Waals surface area contributed by atoms with Crippen molar-refractivity contribution in [1.82, 2.24) is 4.90 Å². The molecule has 0 spiro atoms.